The minimum absolute atomic E-state index is 0.0618. The van der Waals surface area contributed by atoms with Gasteiger partial charge in [0.1, 0.15) is 12.4 Å². The highest BCUT2D eigenvalue weighted by molar-refractivity contribution is 5.97. The maximum atomic E-state index is 13.2. The number of benzene rings is 2. The number of amides is 4. The number of para-hydroxylation sites is 1. The third-order valence-electron chi connectivity index (χ3n) is 7.73. The minimum Gasteiger partial charge on any atom is -0.444 e. The van der Waals surface area contributed by atoms with Crippen molar-refractivity contribution in [3.8, 4) is 5.75 Å². The molecule has 2 aliphatic rings. The van der Waals surface area contributed by atoms with Gasteiger partial charge in [-0.05, 0) is 55.4 Å². The fourth-order valence-electron chi connectivity index (χ4n) is 5.15. The fraction of sp³-hybridized carbons (Fsp3) is 0.375. The molecule has 2 aromatic rings. The van der Waals surface area contributed by atoms with Crippen LogP contribution in [0.1, 0.15) is 57.1 Å². The summed E-state index contributed by atoms with van der Waals surface area (Å²) in [6.07, 6.45) is 7.29. The molecule has 2 saturated heterocycles. The summed E-state index contributed by atoms with van der Waals surface area (Å²) in [7, 11) is 0. The molecule has 4 amide bonds. The summed E-state index contributed by atoms with van der Waals surface area (Å²) in [6, 6.07) is 16.2. The van der Waals surface area contributed by atoms with Gasteiger partial charge in [-0.3, -0.25) is 9.59 Å². The van der Waals surface area contributed by atoms with Crippen LogP contribution in [0.3, 0.4) is 0 Å². The van der Waals surface area contributed by atoms with Crippen molar-refractivity contribution in [2.75, 3.05) is 13.1 Å². The molecule has 8 heteroatoms. The van der Waals surface area contributed by atoms with Crippen LogP contribution in [-0.4, -0.2) is 46.9 Å². The van der Waals surface area contributed by atoms with Crippen molar-refractivity contribution < 1.29 is 28.7 Å². The van der Waals surface area contributed by atoms with Gasteiger partial charge in [0, 0.05) is 13.1 Å². The van der Waals surface area contributed by atoms with Gasteiger partial charge >= 0.3 is 12.2 Å². The van der Waals surface area contributed by atoms with Crippen molar-refractivity contribution in [2.45, 2.75) is 52.6 Å². The van der Waals surface area contributed by atoms with Crippen LogP contribution in [0.4, 0.5) is 9.59 Å². The number of nitrogens with zero attached hydrogens (tertiary/aromatic N) is 2. The van der Waals surface area contributed by atoms with E-state index in [9.17, 15) is 19.2 Å². The van der Waals surface area contributed by atoms with Gasteiger partial charge in [-0.15, -0.1) is 6.58 Å². The van der Waals surface area contributed by atoms with E-state index in [4.69, 9.17) is 9.47 Å². The summed E-state index contributed by atoms with van der Waals surface area (Å²) >= 11 is 0. The fourth-order valence-corrected chi connectivity index (χ4v) is 5.15. The maximum Gasteiger partial charge on any atom is 0.421 e. The molecule has 2 aliphatic heterocycles. The zero-order valence-corrected chi connectivity index (χ0v) is 23.1. The molecule has 0 spiro atoms. The van der Waals surface area contributed by atoms with E-state index in [1.807, 2.05) is 56.3 Å². The van der Waals surface area contributed by atoms with Crippen LogP contribution in [-0.2, 0) is 20.9 Å². The quantitative estimate of drug-likeness (QED) is 0.359. The van der Waals surface area contributed by atoms with Gasteiger partial charge in [0.05, 0.1) is 10.8 Å². The second kappa shape index (κ2) is 12.3. The first-order chi connectivity index (χ1) is 19.1. The molecule has 40 heavy (non-hydrogen) atoms. The normalized spacial score (nSPS) is 22.9. The van der Waals surface area contributed by atoms with Gasteiger partial charge in [0.15, 0.2) is 0 Å². The van der Waals surface area contributed by atoms with Crippen molar-refractivity contribution in [2.24, 2.45) is 10.8 Å². The predicted octanol–water partition coefficient (Wildman–Crippen LogP) is 6.37. The second-order valence-electron chi connectivity index (χ2n) is 11.0. The van der Waals surface area contributed by atoms with Crippen molar-refractivity contribution in [1.82, 2.24) is 9.80 Å². The summed E-state index contributed by atoms with van der Waals surface area (Å²) in [6.45, 7) is 8.18. The van der Waals surface area contributed by atoms with Gasteiger partial charge < -0.3 is 9.47 Å². The monoisotopic (exact) mass is 544 g/mol. The Morgan fingerprint density at radius 3 is 2.20 bits per heavy atom. The first-order valence-electron chi connectivity index (χ1n) is 13.6. The summed E-state index contributed by atoms with van der Waals surface area (Å²) in [5.41, 5.74) is 0.427. The molecule has 0 bridgehead atoms. The summed E-state index contributed by atoms with van der Waals surface area (Å²) in [4.78, 5) is 53.3. The molecule has 0 saturated carbocycles. The van der Waals surface area contributed by atoms with Crippen LogP contribution in [0, 0.1) is 10.8 Å². The predicted molar refractivity (Wildman–Crippen MR) is 151 cm³/mol. The number of likely N-dealkylation sites (tertiary alicyclic amines) is 2. The molecule has 0 aliphatic carbocycles. The Morgan fingerprint density at radius 2 is 1.52 bits per heavy atom. The first-order valence-corrected chi connectivity index (χ1v) is 13.6. The Labute approximate surface area is 235 Å². The molecule has 4 rings (SSSR count). The van der Waals surface area contributed by atoms with Crippen LogP contribution >= 0.6 is 0 Å². The zero-order valence-electron chi connectivity index (χ0n) is 23.1. The number of allylic oxidation sites excluding steroid dienone is 2. The number of piperidine rings is 1. The summed E-state index contributed by atoms with van der Waals surface area (Å²) in [5, 5.41) is 0. The van der Waals surface area contributed by atoms with Gasteiger partial charge in [0.25, 0.3) is 0 Å². The number of hydrogen-bond donors (Lipinski definition) is 0. The van der Waals surface area contributed by atoms with Crippen molar-refractivity contribution in [3.05, 3.63) is 84.5 Å². The van der Waals surface area contributed by atoms with Crippen molar-refractivity contribution in [3.63, 3.8) is 0 Å². The van der Waals surface area contributed by atoms with Gasteiger partial charge in [-0.1, -0.05) is 74.5 Å². The molecule has 0 radical (unpaired) electrons. The lowest BCUT2D eigenvalue weighted by Gasteiger charge is -2.37. The van der Waals surface area contributed by atoms with E-state index in [1.165, 1.54) is 9.80 Å². The molecule has 2 atom stereocenters. The molecule has 0 N–H and O–H groups in total. The molecule has 8 nitrogen and oxygen atoms in total. The van der Waals surface area contributed by atoms with E-state index >= 15 is 0 Å². The van der Waals surface area contributed by atoms with E-state index in [0.717, 1.165) is 11.1 Å². The molecule has 2 heterocycles. The van der Waals surface area contributed by atoms with Crippen LogP contribution in [0.2, 0.25) is 0 Å². The Morgan fingerprint density at radius 1 is 0.875 bits per heavy atom. The topological polar surface area (TPSA) is 93.2 Å². The van der Waals surface area contributed by atoms with Gasteiger partial charge in [-0.25, -0.2) is 19.4 Å². The van der Waals surface area contributed by atoms with E-state index < -0.39 is 23.0 Å². The Kier molecular flexibility index (Phi) is 8.87. The van der Waals surface area contributed by atoms with Crippen molar-refractivity contribution >= 4 is 30.1 Å². The van der Waals surface area contributed by atoms with E-state index in [0.29, 0.717) is 50.9 Å². The molecular formula is C32H36N2O6. The van der Waals surface area contributed by atoms with E-state index in [1.54, 1.807) is 30.3 Å². The van der Waals surface area contributed by atoms with E-state index in [2.05, 4.69) is 6.58 Å². The first kappa shape index (κ1) is 28.8. The van der Waals surface area contributed by atoms with Crippen LogP contribution in [0.25, 0.3) is 6.08 Å². The lowest BCUT2D eigenvalue weighted by atomic mass is 9.78. The molecule has 2 fully saturated rings. The Hall–Kier alpha value is -4.20. The number of imide groups is 2. The number of carbonyl (C=O) groups excluding carboxylic acids is 4. The highest BCUT2D eigenvalue weighted by Gasteiger charge is 2.45. The average molecular weight is 545 g/mol. The third-order valence-corrected chi connectivity index (χ3v) is 7.73. The maximum absolute atomic E-state index is 13.2. The second-order valence-corrected chi connectivity index (χ2v) is 11.0. The average Bonchev–Trinajstić information content (AvgIpc) is 3.24. The number of hydrogen-bond acceptors (Lipinski definition) is 6. The van der Waals surface area contributed by atoms with Crippen LogP contribution in [0.15, 0.2) is 73.3 Å². The third kappa shape index (κ3) is 6.50. The molecule has 2 aromatic carbocycles. The van der Waals surface area contributed by atoms with Crippen molar-refractivity contribution in [1.29, 1.82) is 0 Å². The minimum atomic E-state index is -0.701. The molecule has 210 valence electrons. The molecular weight excluding hydrogens is 508 g/mol. The van der Waals surface area contributed by atoms with Gasteiger partial charge in [0.2, 0.25) is 11.8 Å². The Bertz CT molecular complexity index is 1290. The number of ether oxygens (including phenoxy) is 2. The lowest BCUT2D eigenvalue weighted by Crippen LogP contribution is -2.50. The largest absolute Gasteiger partial charge is 0.444 e. The van der Waals surface area contributed by atoms with Crippen LogP contribution < -0.4 is 4.74 Å². The SMILES string of the molecule is C=CCC1(C)CCN(C(=O)OCc2ccc(C=CCC3(C)CCCN(C(=O)Oc4ccccc4)C3=O)cc2)C1=O. The van der Waals surface area contributed by atoms with Crippen LogP contribution in [0.5, 0.6) is 5.75 Å². The highest BCUT2D eigenvalue weighted by atomic mass is 16.6. The molecule has 0 aromatic heterocycles. The zero-order chi connectivity index (χ0) is 28.8. The summed E-state index contributed by atoms with van der Waals surface area (Å²) < 4.78 is 10.8. The smallest absolute Gasteiger partial charge is 0.421 e. The molecule has 2 unspecified atom stereocenters. The summed E-state index contributed by atoms with van der Waals surface area (Å²) in [5.74, 6) is -0.0521. The standard InChI is InChI=1S/C32H36N2O6/c1-4-17-31(2)20-22-34(27(31)35)29(37)39-23-25-15-13-24(14-16-25)10-8-18-32(3)19-9-21-33(28(32)36)30(38)40-26-11-6-5-7-12-26/h4-8,10-16H,1,9,17-23H2,2-3H3. The highest BCUT2D eigenvalue weighted by Crippen LogP contribution is 2.36. The lowest BCUT2D eigenvalue weighted by molar-refractivity contribution is -0.142. The number of carbonyl (C=O) groups is 4. The number of rotatable bonds is 8. The van der Waals surface area contributed by atoms with Gasteiger partial charge in [-0.2, -0.15) is 0 Å². The van der Waals surface area contributed by atoms with E-state index in [-0.39, 0.29) is 18.4 Å². The Balaban J connectivity index is 1.28.